The van der Waals surface area contributed by atoms with Gasteiger partial charge in [-0.15, -0.1) is 0 Å². The maximum absolute atomic E-state index is 13.2. The summed E-state index contributed by atoms with van der Waals surface area (Å²) in [6, 6.07) is 11.0. The van der Waals surface area contributed by atoms with Crippen molar-refractivity contribution in [3.63, 3.8) is 0 Å². The van der Waals surface area contributed by atoms with E-state index in [2.05, 4.69) is 0 Å². The number of ether oxygens (including phenoxy) is 2. The Morgan fingerprint density at radius 2 is 1.32 bits per heavy atom. The molecule has 186 valence electrons. The zero-order valence-electron chi connectivity index (χ0n) is 18.4. The number of hydrogen-bond donors (Lipinski definition) is 1. The average molecular weight is 488 g/mol. The first-order valence-electron chi connectivity index (χ1n) is 11.2. The number of hydrogen-bond acceptors (Lipinski definition) is 3. The first-order valence-corrected chi connectivity index (χ1v) is 11.2. The van der Waals surface area contributed by atoms with E-state index in [1.807, 2.05) is 30.3 Å². The van der Waals surface area contributed by atoms with Crippen LogP contribution in [0.5, 0.6) is 0 Å². The minimum atomic E-state index is -4.93. The van der Waals surface area contributed by atoms with E-state index in [4.69, 9.17) is 9.47 Å². The predicted octanol–water partition coefficient (Wildman–Crippen LogP) is 6.27. The van der Waals surface area contributed by atoms with Gasteiger partial charge in [0.2, 0.25) is 0 Å². The van der Waals surface area contributed by atoms with Gasteiger partial charge in [0.1, 0.15) is 0 Å². The van der Waals surface area contributed by atoms with Crippen molar-refractivity contribution < 1.29 is 40.9 Å². The lowest BCUT2D eigenvalue weighted by molar-refractivity contribution is -0.186. The normalized spacial score (nSPS) is 21.0. The maximum Gasteiger partial charge on any atom is 0.416 e. The molecule has 0 aromatic heterocycles. The molecule has 1 unspecified atom stereocenters. The molecule has 2 aromatic rings. The summed E-state index contributed by atoms with van der Waals surface area (Å²) in [6.07, 6.45) is -8.69. The van der Waals surface area contributed by atoms with Crippen molar-refractivity contribution in [1.82, 2.24) is 0 Å². The second-order valence-electron chi connectivity index (χ2n) is 9.23. The van der Waals surface area contributed by atoms with E-state index in [1.54, 1.807) is 0 Å². The van der Waals surface area contributed by atoms with E-state index in [0.29, 0.717) is 51.0 Å². The molecule has 3 nitrogen and oxygen atoms in total. The minimum absolute atomic E-state index is 0.101. The van der Waals surface area contributed by atoms with Gasteiger partial charge >= 0.3 is 12.4 Å². The lowest BCUT2D eigenvalue weighted by Gasteiger charge is -2.45. The molecule has 1 atom stereocenters. The Labute approximate surface area is 193 Å². The first kappa shape index (κ1) is 25.0. The standard InChI is InChI=1S/C25H26F6O3/c26-24(27,28)19-12-17(13-20(15-19)25(29,30)31)14-21(32)16-22(18-4-2-1-3-5-18)6-8-23(9-7-22)33-10-11-34-23/h1-5,12-13,15,21,32H,6-11,14,16H2. The van der Waals surface area contributed by atoms with Gasteiger partial charge in [0.05, 0.1) is 30.4 Å². The number of alkyl halides is 6. The number of aliphatic hydroxyl groups excluding tert-OH is 1. The molecule has 4 rings (SSSR count). The quantitative estimate of drug-likeness (QED) is 0.504. The van der Waals surface area contributed by atoms with Gasteiger partial charge < -0.3 is 14.6 Å². The number of rotatable bonds is 5. The molecule has 1 spiro atoms. The van der Waals surface area contributed by atoms with Gasteiger partial charge in [-0.1, -0.05) is 30.3 Å². The van der Waals surface area contributed by atoms with Gasteiger partial charge in [-0.25, -0.2) is 0 Å². The van der Waals surface area contributed by atoms with Gasteiger partial charge in [-0.3, -0.25) is 0 Å². The fraction of sp³-hybridized carbons (Fsp3) is 0.520. The lowest BCUT2D eigenvalue weighted by Crippen LogP contribution is -2.44. The van der Waals surface area contributed by atoms with Crippen LogP contribution in [0, 0.1) is 0 Å². The summed E-state index contributed by atoms with van der Waals surface area (Å²) in [5.41, 5.74) is -2.47. The molecule has 1 saturated heterocycles. The molecule has 34 heavy (non-hydrogen) atoms. The molecule has 1 aliphatic heterocycles. The average Bonchev–Trinajstić information content (AvgIpc) is 3.23. The molecule has 2 aromatic carbocycles. The summed E-state index contributed by atoms with van der Waals surface area (Å²) in [5, 5.41) is 10.9. The van der Waals surface area contributed by atoms with Gasteiger partial charge in [-0.05, 0) is 60.4 Å². The largest absolute Gasteiger partial charge is 0.416 e. The molecule has 9 heteroatoms. The van der Waals surface area contributed by atoms with Crippen LogP contribution < -0.4 is 0 Å². The van der Waals surface area contributed by atoms with Crippen molar-refractivity contribution in [3.05, 3.63) is 70.8 Å². The molecule has 2 aliphatic rings. The zero-order chi connectivity index (χ0) is 24.6. The molecular formula is C25H26F6O3. The smallest absolute Gasteiger partial charge is 0.393 e. The predicted molar refractivity (Wildman–Crippen MR) is 112 cm³/mol. The van der Waals surface area contributed by atoms with Crippen LogP contribution >= 0.6 is 0 Å². The number of benzene rings is 2. The van der Waals surface area contributed by atoms with Crippen molar-refractivity contribution in [3.8, 4) is 0 Å². The summed E-state index contributed by atoms with van der Waals surface area (Å²) in [4.78, 5) is 0. The summed E-state index contributed by atoms with van der Waals surface area (Å²) in [7, 11) is 0. The third kappa shape index (κ3) is 5.42. The van der Waals surface area contributed by atoms with Crippen LogP contribution in [0.3, 0.4) is 0 Å². The number of halogens is 6. The molecule has 0 amide bonds. The minimum Gasteiger partial charge on any atom is -0.393 e. The molecule has 1 heterocycles. The monoisotopic (exact) mass is 488 g/mol. The second-order valence-corrected chi connectivity index (χ2v) is 9.23. The summed E-state index contributed by atoms with van der Waals surface area (Å²) >= 11 is 0. The third-order valence-electron chi connectivity index (χ3n) is 6.91. The summed E-state index contributed by atoms with van der Waals surface area (Å²) < 4.78 is 90.9. The van der Waals surface area contributed by atoms with Crippen LogP contribution in [0.1, 0.15) is 54.4 Å². The molecule has 0 bridgehead atoms. The molecule has 1 aliphatic carbocycles. The van der Waals surface area contributed by atoms with E-state index in [9.17, 15) is 31.4 Å². The zero-order valence-corrected chi connectivity index (χ0v) is 18.4. The van der Waals surface area contributed by atoms with Crippen LogP contribution in [0.4, 0.5) is 26.3 Å². The summed E-state index contributed by atoms with van der Waals surface area (Å²) in [5.74, 6) is -0.647. The topological polar surface area (TPSA) is 38.7 Å². The first-order chi connectivity index (χ1) is 15.9. The highest BCUT2D eigenvalue weighted by Crippen LogP contribution is 2.49. The van der Waals surface area contributed by atoms with Gasteiger partial charge in [0, 0.05) is 12.8 Å². The SMILES string of the molecule is OC(Cc1cc(C(F)(F)F)cc(C(F)(F)F)c1)CC1(c2ccccc2)CCC2(CC1)OCCO2. The van der Waals surface area contributed by atoms with Crippen molar-refractivity contribution >= 4 is 0 Å². The molecule has 2 fully saturated rings. The fourth-order valence-corrected chi connectivity index (χ4v) is 5.23. The van der Waals surface area contributed by atoms with E-state index >= 15 is 0 Å². The Bertz CT molecular complexity index is 938. The van der Waals surface area contributed by atoms with Gasteiger partial charge in [0.15, 0.2) is 5.79 Å². The highest BCUT2D eigenvalue weighted by molar-refractivity contribution is 5.34. The highest BCUT2D eigenvalue weighted by atomic mass is 19.4. The number of aliphatic hydroxyl groups is 1. The molecule has 0 radical (unpaired) electrons. The lowest BCUT2D eigenvalue weighted by atomic mass is 9.64. The second kappa shape index (κ2) is 9.17. The van der Waals surface area contributed by atoms with E-state index in [0.717, 1.165) is 5.56 Å². The maximum atomic E-state index is 13.2. The van der Waals surface area contributed by atoms with Crippen molar-refractivity contribution in [2.75, 3.05) is 13.2 Å². The van der Waals surface area contributed by atoms with Crippen molar-refractivity contribution in [1.29, 1.82) is 0 Å². The van der Waals surface area contributed by atoms with Crippen LogP contribution in [0.15, 0.2) is 48.5 Å². The van der Waals surface area contributed by atoms with Crippen LogP contribution in [0.25, 0.3) is 0 Å². The van der Waals surface area contributed by atoms with Crippen LogP contribution in [0.2, 0.25) is 0 Å². The third-order valence-corrected chi connectivity index (χ3v) is 6.91. The highest BCUT2D eigenvalue weighted by Gasteiger charge is 2.47. The van der Waals surface area contributed by atoms with Crippen molar-refractivity contribution in [2.24, 2.45) is 0 Å². The van der Waals surface area contributed by atoms with Crippen LogP contribution in [-0.2, 0) is 33.7 Å². The van der Waals surface area contributed by atoms with E-state index in [1.165, 1.54) is 0 Å². The van der Waals surface area contributed by atoms with Crippen LogP contribution in [-0.4, -0.2) is 30.2 Å². The Kier molecular flexibility index (Phi) is 6.74. The van der Waals surface area contributed by atoms with Gasteiger partial charge in [-0.2, -0.15) is 26.3 Å². The molecule has 1 N–H and O–H groups in total. The molecular weight excluding hydrogens is 462 g/mol. The summed E-state index contributed by atoms with van der Waals surface area (Å²) in [6.45, 7) is 1.02. The molecule has 1 saturated carbocycles. The Balaban J connectivity index is 1.58. The van der Waals surface area contributed by atoms with E-state index in [-0.39, 0.29) is 24.5 Å². The van der Waals surface area contributed by atoms with E-state index < -0.39 is 40.8 Å². The Morgan fingerprint density at radius 1 is 0.794 bits per heavy atom. The van der Waals surface area contributed by atoms with Gasteiger partial charge in [0.25, 0.3) is 0 Å². The fourth-order valence-electron chi connectivity index (χ4n) is 5.23. The Hall–Kier alpha value is -2.10. The Morgan fingerprint density at radius 3 is 1.82 bits per heavy atom. The van der Waals surface area contributed by atoms with Crippen molar-refractivity contribution in [2.45, 2.75) is 68.2 Å².